The second-order valence-electron chi connectivity index (χ2n) is 11.0. The first-order valence-electron chi connectivity index (χ1n) is 14.6. The lowest BCUT2D eigenvalue weighted by atomic mass is 10.0. The number of anilines is 2. The summed E-state index contributed by atoms with van der Waals surface area (Å²) in [6, 6.07) is 4.13. The molecule has 4 atom stereocenters. The molecule has 0 bridgehead atoms. The SMILES string of the molecule is CC(C)C[C@@H](C=O)N(C(=O)[C@H](C)NC(=O)[C@H](CCC(=O)O)NC(=O)[C@H](CCC(=O)O)NC(=O)c1ccccc1N)c1cccnc1. The minimum atomic E-state index is -1.49. The maximum atomic E-state index is 13.6. The van der Waals surface area contributed by atoms with E-state index in [1.165, 1.54) is 36.4 Å². The van der Waals surface area contributed by atoms with Crippen molar-refractivity contribution >= 4 is 53.2 Å². The van der Waals surface area contributed by atoms with E-state index in [-0.39, 0.29) is 23.6 Å². The molecule has 0 aliphatic carbocycles. The number of aldehydes is 1. The van der Waals surface area contributed by atoms with Crippen LogP contribution in [0.1, 0.15) is 63.2 Å². The van der Waals surface area contributed by atoms with Crippen molar-refractivity contribution in [2.45, 2.75) is 77.0 Å². The van der Waals surface area contributed by atoms with Crippen LogP contribution in [0.3, 0.4) is 0 Å². The number of carboxylic acid groups (broad SMARTS) is 2. The summed E-state index contributed by atoms with van der Waals surface area (Å²) >= 11 is 0. The number of hydrogen-bond donors (Lipinski definition) is 6. The van der Waals surface area contributed by atoms with Crippen molar-refractivity contribution in [1.82, 2.24) is 20.9 Å². The summed E-state index contributed by atoms with van der Waals surface area (Å²) in [5.74, 6) is -5.77. The van der Waals surface area contributed by atoms with Crippen LogP contribution in [0.4, 0.5) is 11.4 Å². The highest BCUT2D eigenvalue weighted by atomic mass is 16.4. The van der Waals surface area contributed by atoms with Crippen molar-refractivity contribution in [2.24, 2.45) is 5.92 Å². The average Bonchev–Trinajstić information content (AvgIpc) is 3.00. The normalized spacial score (nSPS) is 13.4. The van der Waals surface area contributed by atoms with Gasteiger partial charge in [0, 0.05) is 24.7 Å². The van der Waals surface area contributed by atoms with Gasteiger partial charge in [0.15, 0.2) is 0 Å². The Morgan fingerprint density at radius 3 is 1.98 bits per heavy atom. The molecule has 0 aliphatic heterocycles. The lowest BCUT2D eigenvalue weighted by molar-refractivity contribution is -0.139. The molecule has 15 nitrogen and oxygen atoms in total. The van der Waals surface area contributed by atoms with E-state index in [0.717, 1.165) is 0 Å². The third-order valence-corrected chi connectivity index (χ3v) is 6.85. The van der Waals surface area contributed by atoms with Crippen molar-refractivity contribution in [3.05, 3.63) is 54.4 Å². The molecule has 1 aromatic heterocycles. The van der Waals surface area contributed by atoms with Gasteiger partial charge in [-0.15, -0.1) is 0 Å². The summed E-state index contributed by atoms with van der Waals surface area (Å²) in [4.78, 5) is 93.1. The third-order valence-electron chi connectivity index (χ3n) is 6.85. The van der Waals surface area contributed by atoms with Crippen LogP contribution in [0.2, 0.25) is 0 Å². The second kappa shape index (κ2) is 17.8. The van der Waals surface area contributed by atoms with Gasteiger partial charge in [0.25, 0.3) is 5.91 Å². The zero-order valence-corrected chi connectivity index (χ0v) is 25.8. The number of nitrogens with zero attached hydrogens (tertiary/aromatic N) is 2. The van der Waals surface area contributed by atoms with Crippen LogP contribution < -0.4 is 26.6 Å². The number of pyridine rings is 1. The molecule has 0 fully saturated rings. The molecule has 0 saturated carbocycles. The molecule has 7 N–H and O–H groups in total. The van der Waals surface area contributed by atoms with Gasteiger partial charge in [-0.1, -0.05) is 26.0 Å². The molecule has 2 rings (SSSR count). The molecule has 0 aliphatic rings. The van der Waals surface area contributed by atoms with Gasteiger partial charge in [-0.2, -0.15) is 0 Å². The number of carboxylic acids is 2. The van der Waals surface area contributed by atoms with Crippen molar-refractivity contribution in [3.8, 4) is 0 Å². The monoisotopic (exact) mass is 640 g/mol. The minimum absolute atomic E-state index is 0.0346. The summed E-state index contributed by atoms with van der Waals surface area (Å²) in [6.45, 7) is 5.13. The number of carbonyl (C=O) groups excluding carboxylic acids is 5. The number of nitrogens with two attached hydrogens (primary N) is 1. The Morgan fingerprint density at radius 2 is 1.46 bits per heavy atom. The summed E-state index contributed by atoms with van der Waals surface area (Å²) < 4.78 is 0. The number of rotatable bonds is 18. The number of hydrogen-bond acceptors (Lipinski definition) is 9. The third kappa shape index (κ3) is 11.3. The molecular formula is C31H40N6O9. The number of para-hydroxylation sites is 1. The Hall–Kier alpha value is -5.34. The van der Waals surface area contributed by atoms with Gasteiger partial charge in [-0.25, -0.2) is 0 Å². The fourth-order valence-corrected chi connectivity index (χ4v) is 4.55. The zero-order chi connectivity index (χ0) is 34.4. The molecular weight excluding hydrogens is 600 g/mol. The van der Waals surface area contributed by atoms with Gasteiger partial charge in [0.2, 0.25) is 17.7 Å². The number of carbonyl (C=O) groups is 7. The lowest BCUT2D eigenvalue weighted by Crippen LogP contribution is -2.57. The van der Waals surface area contributed by atoms with E-state index in [0.29, 0.717) is 18.4 Å². The van der Waals surface area contributed by atoms with E-state index in [1.807, 2.05) is 13.8 Å². The Balaban J connectivity index is 2.30. The van der Waals surface area contributed by atoms with E-state index < -0.39 is 79.0 Å². The van der Waals surface area contributed by atoms with Gasteiger partial charge in [-0.05, 0) is 56.4 Å². The molecule has 0 radical (unpaired) electrons. The van der Waals surface area contributed by atoms with E-state index >= 15 is 0 Å². The average molecular weight is 641 g/mol. The number of aromatic nitrogens is 1. The van der Waals surface area contributed by atoms with E-state index in [2.05, 4.69) is 20.9 Å². The van der Waals surface area contributed by atoms with Gasteiger partial charge in [0.05, 0.1) is 23.5 Å². The Labute approximate surface area is 265 Å². The highest BCUT2D eigenvalue weighted by Crippen LogP contribution is 2.21. The fourth-order valence-electron chi connectivity index (χ4n) is 4.55. The number of nitrogens with one attached hydrogen (secondary N) is 3. The minimum Gasteiger partial charge on any atom is -0.481 e. The quantitative estimate of drug-likeness (QED) is 0.0997. The van der Waals surface area contributed by atoms with Gasteiger partial charge in [-0.3, -0.25) is 38.7 Å². The summed E-state index contributed by atoms with van der Waals surface area (Å²) in [6.07, 6.45) is 2.03. The predicted molar refractivity (Wildman–Crippen MR) is 166 cm³/mol. The lowest BCUT2D eigenvalue weighted by Gasteiger charge is -2.32. The van der Waals surface area contributed by atoms with Crippen LogP contribution in [0.25, 0.3) is 0 Å². The first-order chi connectivity index (χ1) is 21.7. The van der Waals surface area contributed by atoms with E-state index in [9.17, 15) is 43.8 Å². The van der Waals surface area contributed by atoms with Crippen LogP contribution in [-0.4, -0.2) is 81.2 Å². The van der Waals surface area contributed by atoms with Crippen LogP contribution in [0.15, 0.2) is 48.8 Å². The van der Waals surface area contributed by atoms with Crippen molar-refractivity contribution in [2.75, 3.05) is 10.6 Å². The maximum absolute atomic E-state index is 13.6. The molecule has 0 spiro atoms. The highest BCUT2D eigenvalue weighted by Gasteiger charge is 2.33. The molecule has 1 heterocycles. The number of amides is 4. The molecule has 15 heteroatoms. The fraction of sp³-hybridized carbons (Fsp3) is 0.419. The molecule has 4 amide bonds. The predicted octanol–water partition coefficient (Wildman–Crippen LogP) is 1.13. The van der Waals surface area contributed by atoms with Gasteiger partial charge < -0.3 is 36.7 Å². The van der Waals surface area contributed by atoms with Crippen LogP contribution >= 0.6 is 0 Å². The number of benzene rings is 1. The van der Waals surface area contributed by atoms with E-state index in [1.54, 1.807) is 24.3 Å². The zero-order valence-electron chi connectivity index (χ0n) is 25.8. The Morgan fingerprint density at radius 1 is 0.870 bits per heavy atom. The van der Waals surface area contributed by atoms with Crippen molar-refractivity contribution < 1.29 is 43.8 Å². The number of aliphatic carboxylic acids is 2. The van der Waals surface area contributed by atoms with Crippen LogP contribution in [0, 0.1) is 5.92 Å². The topological polar surface area (TPSA) is 238 Å². The first kappa shape index (κ1) is 36.8. The molecule has 1 aromatic carbocycles. The molecule has 0 saturated heterocycles. The van der Waals surface area contributed by atoms with Gasteiger partial charge in [0.1, 0.15) is 24.4 Å². The standard InChI is InChI=1S/C31H40N6O9/c1-18(2)15-21(17-38)37(20-7-6-14-33-16-20)31(46)19(3)34-29(44)24(10-12-26(39)40)36-30(45)25(11-13-27(41)42)35-28(43)22-8-4-5-9-23(22)32/h4-9,14,16-19,21,24-25H,10-13,15,32H2,1-3H3,(H,34,44)(H,35,43)(H,36,45)(H,39,40)(H,41,42)/t19-,21-,24-,25-/m0/s1. The highest BCUT2D eigenvalue weighted by molar-refractivity contribution is 6.03. The van der Waals surface area contributed by atoms with Crippen molar-refractivity contribution in [1.29, 1.82) is 0 Å². The van der Waals surface area contributed by atoms with Gasteiger partial charge >= 0.3 is 11.9 Å². The maximum Gasteiger partial charge on any atom is 0.303 e. The molecule has 248 valence electrons. The summed E-state index contributed by atoms with van der Waals surface area (Å²) in [5.41, 5.74) is 6.31. The number of nitrogen functional groups attached to an aromatic ring is 1. The smallest absolute Gasteiger partial charge is 0.303 e. The molecule has 2 aromatic rings. The van der Waals surface area contributed by atoms with Crippen molar-refractivity contribution in [3.63, 3.8) is 0 Å². The van der Waals surface area contributed by atoms with E-state index in [4.69, 9.17) is 5.73 Å². The Kier molecular flexibility index (Phi) is 14.3. The Bertz CT molecular complexity index is 1400. The first-order valence-corrected chi connectivity index (χ1v) is 14.6. The second-order valence-corrected chi connectivity index (χ2v) is 11.0. The summed E-state index contributed by atoms with van der Waals surface area (Å²) in [5, 5.41) is 25.7. The largest absolute Gasteiger partial charge is 0.481 e. The summed E-state index contributed by atoms with van der Waals surface area (Å²) in [7, 11) is 0. The van der Waals surface area contributed by atoms with Crippen LogP contribution in [0.5, 0.6) is 0 Å². The molecule has 46 heavy (non-hydrogen) atoms. The molecule has 0 unspecified atom stereocenters. The van der Waals surface area contributed by atoms with Crippen LogP contribution in [-0.2, 0) is 28.8 Å².